The topological polar surface area (TPSA) is 54.0 Å². The summed E-state index contributed by atoms with van der Waals surface area (Å²) in [6, 6.07) is 5.55. The van der Waals surface area contributed by atoms with Crippen molar-refractivity contribution in [1.82, 2.24) is 15.6 Å². The molecule has 0 aromatic carbocycles. The van der Waals surface area contributed by atoms with E-state index in [9.17, 15) is 4.79 Å². The second-order valence-corrected chi connectivity index (χ2v) is 4.70. The van der Waals surface area contributed by atoms with Crippen LogP contribution in [-0.4, -0.2) is 16.9 Å². The van der Waals surface area contributed by atoms with E-state index < -0.39 is 5.66 Å². The summed E-state index contributed by atoms with van der Waals surface area (Å²) < 4.78 is 0. The summed E-state index contributed by atoms with van der Waals surface area (Å²) in [5, 5.41) is 6.28. The molecular formula is C12H17N3O. The van der Waals surface area contributed by atoms with Crippen LogP contribution in [-0.2, 0) is 10.5 Å². The van der Waals surface area contributed by atoms with Gasteiger partial charge in [-0.05, 0) is 25.0 Å². The highest BCUT2D eigenvalue weighted by Gasteiger charge is 2.43. The maximum Gasteiger partial charge on any atom is 0.239 e. The molecule has 86 valence electrons. The zero-order valence-electron chi connectivity index (χ0n) is 9.82. The van der Waals surface area contributed by atoms with Crippen LogP contribution in [0.5, 0.6) is 0 Å². The minimum atomic E-state index is -0.548. The lowest BCUT2D eigenvalue weighted by atomic mass is 10.0. The van der Waals surface area contributed by atoms with Crippen LogP contribution in [0.3, 0.4) is 0 Å². The van der Waals surface area contributed by atoms with Gasteiger partial charge in [-0.15, -0.1) is 0 Å². The lowest BCUT2D eigenvalue weighted by Gasteiger charge is -2.24. The van der Waals surface area contributed by atoms with E-state index in [0.29, 0.717) is 0 Å². The van der Waals surface area contributed by atoms with Crippen LogP contribution < -0.4 is 10.6 Å². The van der Waals surface area contributed by atoms with Crippen LogP contribution in [0.15, 0.2) is 24.4 Å². The summed E-state index contributed by atoms with van der Waals surface area (Å²) in [5.41, 5.74) is 0.291. The van der Waals surface area contributed by atoms with Crippen LogP contribution in [0.2, 0.25) is 0 Å². The van der Waals surface area contributed by atoms with Gasteiger partial charge in [0.1, 0.15) is 5.66 Å². The van der Waals surface area contributed by atoms with Gasteiger partial charge < -0.3 is 5.32 Å². The van der Waals surface area contributed by atoms with Gasteiger partial charge in [0, 0.05) is 6.20 Å². The van der Waals surface area contributed by atoms with Gasteiger partial charge in [0.05, 0.1) is 11.7 Å². The molecule has 1 saturated heterocycles. The van der Waals surface area contributed by atoms with Crippen LogP contribution in [0, 0.1) is 5.92 Å². The molecule has 0 bridgehead atoms. The predicted octanol–water partition coefficient (Wildman–Crippen LogP) is 0.998. The third-order valence-corrected chi connectivity index (χ3v) is 2.94. The van der Waals surface area contributed by atoms with E-state index in [-0.39, 0.29) is 17.9 Å². The molecule has 2 N–H and O–H groups in total. The monoisotopic (exact) mass is 219 g/mol. The summed E-state index contributed by atoms with van der Waals surface area (Å²) in [6.07, 6.45) is 1.73. The molecule has 1 aromatic heterocycles. The Morgan fingerprint density at radius 3 is 2.69 bits per heavy atom. The lowest BCUT2D eigenvalue weighted by molar-refractivity contribution is -0.121. The Morgan fingerprint density at radius 1 is 1.44 bits per heavy atom. The Kier molecular flexibility index (Phi) is 2.68. The van der Waals surface area contributed by atoms with Crippen molar-refractivity contribution in [1.29, 1.82) is 0 Å². The number of nitrogens with one attached hydrogen (secondary N) is 2. The second-order valence-electron chi connectivity index (χ2n) is 4.70. The summed E-state index contributed by atoms with van der Waals surface area (Å²) >= 11 is 0. The fraction of sp³-hybridized carbons (Fsp3) is 0.500. The average Bonchev–Trinajstić information content (AvgIpc) is 2.57. The Morgan fingerprint density at radius 2 is 2.19 bits per heavy atom. The van der Waals surface area contributed by atoms with Crippen LogP contribution in [0.1, 0.15) is 26.5 Å². The van der Waals surface area contributed by atoms with Crippen molar-refractivity contribution in [3.8, 4) is 0 Å². The number of pyridine rings is 1. The minimum Gasteiger partial charge on any atom is -0.332 e. The molecule has 2 heterocycles. The normalized spacial score (nSPS) is 29.5. The largest absolute Gasteiger partial charge is 0.332 e. The first kappa shape index (κ1) is 11.1. The number of hydrogen-bond acceptors (Lipinski definition) is 3. The van der Waals surface area contributed by atoms with E-state index in [1.165, 1.54) is 0 Å². The molecule has 1 aliphatic rings. The molecule has 1 amide bonds. The number of rotatable bonds is 2. The summed E-state index contributed by atoms with van der Waals surface area (Å²) in [6.45, 7) is 6.00. The van der Waals surface area contributed by atoms with Gasteiger partial charge in [-0.1, -0.05) is 19.9 Å². The molecule has 0 aliphatic carbocycles. The van der Waals surface area contributed by atoms with Crippen LogP contribution in [0.4, 0.5) is 0 Å². The van der Waals surface area contributed by atoms with Crippen molar-refractivity contribution in [3.63, 3.8) is 0 Å². The van der Waals surface area contributed by atoms with Gasteiger partial charge in [-0.3, -0.25) is 15.1 Å². The zero-order valence-corrected chi connectivity index (χ0v) is 9.82. The fourth-order valence-corrected chi connectivity index (χ4v) is 2.00. The summed E-state index contributed by atoms with van der Waals surface area (Å²) in [7, 11) is 0. The molecule has 1 fully saturated rings. The molecule has 2 atom stereocenters. The van der Waals surface area contributed by atoms with Gasteiger partial charge in [0.25, 0.3) is 0 Å². The molecule has 4 heteroatoms. The SMILES string of the molecule is CC(C)[C@@H]1N[C@](C)(c2ccccn2)NC1=O. The Labute approximate surface area is 95.5 Å². The van der Waals surface area contributed by atoms with Crippen molar-refractivity contribution < 1.29 is 4.79 Å². The molecule has 2 rings (SSSR count). The Bertz CT molecular complexity index is 391. The predicted molar refractivity (Wildman–Crippen MR) is 61.5 cm³/mol. The van der Waals surface area contributed by atoms with E-state index in [1.54, 1.807) is 6.20 Å². The van der Waals surface area contributed by atoms with Crippen LogP contribution in [0.25, 0.3) is 0 Å². The number of carbonyl (C=O) groups is 1. The van der Waals surface area contributed by atoms with Gasteiger partial charge in [0.15, 0.2) is 0 Å². The standard InChI is InChI=1S/C12H17N3O/c1-8(2)10-11(16)15-12(3,14-10)9-6-4-5-7-13-9/h4-8,10,14H,1-3H3,(H,15,16)/t10-,12-/m0/s1. The third-order valence-electron chi connectivity index (χ3n) is 2.94. The van der Waals surface area contributed by atoms with E-state index >= 15 is 0 Å². The Balaban J connectivity index is 2.27. The smallest absolute Gasteiger partial charge is 0.239 e. The molecular weight excluding hydrogens is 202 g/mol. The first-order chi connectivity index (χ1) is 7.53. The molecule has 16 heavy (non-hydrogen) atoms. The van der Waals surface area contributed by atoms with Crippen molar-refractivity contribution in [3.05, 3.63) is 30.1 Å². The molecule has 0 radical (unpaired) electrons. The van der Waals surface area contributed by atoms with Gasteiger partial charge >= 0.3 is 0 Å². The minimum absolute atomic E-state index is 0.0446. The molecule has 0 unspecified atom stereocenters. The highest BCUT2D eigenvalue weighted by molar-refractivity contribution is 5.85. The van der Waals surface area contributed by atoms with Crippen LogP contribution >= 0.6 is 0 Å². The fourth-order valence-electron chi connectivity index (χ4n) is 2.00. The maximum atomic E-state index is 11.8. The first-order valence-electron chi connectivity index (χ1n) is 5.54. The first-order valence-corrected chi connectivity index (χ1v) is 5.54. The van der Waals surface area contributed by atoms with E-state index in [2.05, 4.69) is 15.6 Å². The number of aromatic nitrogens is 1. The molecule has 0 spiro atoms. The maximum absolute atomic E-state index is 11.8. The van der Waals surface area contributed by atoms with Gasteiger partial charge in [-0.25, -0.2) is 0 Å². The summed E-state index contributed by atoms with van der Waals surface area (Å²) in [4.78, 5) is 16.1. The number of hydrogen-bond donors (Lipinski definition) is 2. The molecule has 1 aliphatic heterocycles. The van der Waals surface area contributed by atoms with Crippen molar-refractivity contribution >= 4 is 5.91 Å². The Hall–Kier alpha value is -1.42. The number of amides is 1. The van der Waals surface area contributed by atoms with E-state index in [4.69, 9.17) is 0 Å². The zero-order chi connectivity index (χ0) is 11.8. The van der Waals surface area contributed by atoms with Crippen molar-refractivity contribution in [2.24, 2.45) is 5.92 Å². The van der Waals surface area contributed by atoms with Crippen molar-refractivity contribution in [2.45, 2.75) is 32.5 Å². The van der Waals surface area contributed by atoms with Gasteiger partial charge in [-0.2, -0.15) is 0 Å². The number of carbonyl (C=O) groups excluding carboxylic acids is 1. The average molecular weight is 219 g/mol. The second kappa shape index (κ2) is 3.87. The summed E-state index contributed by atoms with van der Waals surface area (Å²) in [5.74, 6) is 0.314. The lowest BCUT2D eigenvalue weighted by Crippen LogP contribution is -2.45. The van der Waals surface area contributed by atoms with Crippen molar-refractivity contribution in [2.75, 3.05) is 0 Å². The number of nitrogens with zero attached hydrogens (tertiary/aromatic N) is 1. The van der Waals surface area contributed by atoms with Gasteiger partial charge in [0.2, 0.25) is 5.91 Å². The van der Waals surface area contributed by atoms with E-state index in [1.807, 2.05) is 39.0 Å². The van der Waals surface area contributed by atoms with E-state index in [0.717, 1.165) is 5.69 Å². The molecule has 0 saturated carbocycles. The highest BCUT2D eigenvalue weighted by atomic mass is 16.2. The molecule has 1 aromatic rings. The molecule has 4 nitrogen and oxygen atoms in total. The highest BCUT2D eigenvalue weighted by Crippen LogP contribution is 2.23. The third kappa shape index (κ3) is 1.80. The quantitative estimate of drug-likeness (QED) is 0.780.